The van der Waals surface area contributed by atoms with Crippen LogP contribution in [0.4, 0.5) is 0 Å². The quantitative estimate of drug-likeness (QED) is 0.933. The standard InChI is InChI=1S/C17H23N3O3/c1-12-4-5-15-14(11-12)20(17(22)23-15)10-7-16(21)19-8-2-3-13(18)6-9-19/h4-5,11,13H,2-3,6-10,18H2,1H3. The highest BCUT2D eigenvalue weighted by atomic mass is 16.4. The highest BCUT2D eigenvalue weighted by Gasteiger charge is 2.19. The lowest BCUT2D eigenvalue weighted by atomic mass is 10.1. The second kappa shape index (κ2) is 6.58. The lowest BCUT2D eigenvalue weighted by Crippen LogP contribution is -2.33. The summed E-state index contributed by atoms with van der Waals surface area (Å²) in [5, 5.41) is 0. The maximum absolute atomic E-state index is 12.4. The van der Waals surface area contributed by atoms with Crippen molar-refractivity contribution in [1.29, 1.82) is 0 Å². The summed E-state index contributed by atoms with van der Waals surface area (Å²) in [6, 6.07) is 5.80. The summed E-state index contributed by atoms with van der Waals surface area (Å²) in [4.78, 5) is 26.3. The predicted octanol–water partition coefficient (Wildman–Crippen LogP) is 1.63. The van der Waals surface area contributed by atoms with Crippen molar-refractivity contribution in [1.82, 2.24) is 9.47 Å². The van der Waals surface area contributed by atoms with E-state index < -0.39 is 5.76 Å². The van der Waals surface area contributed by atoms with E-state index in [0.717, 1.165) is 36.9 Å². The Morgan fingerprint density at radius 1 is 1.35 bits per heavy atom. The molecule has 0 saturated carbocycles. The van der Waals surface area contributed by atoms with Crippen LogP contribution in [-0.2, 0) is 11.3 Å². The molecular formula is C17H23N3O3. The summed E-state index contributed by atoms with van der Waals surface area (Å²) in [5.41, 5.74) is 8.32. The van der Waals surface area contributed by atoms with Crippen LogP contribution in [-0.4, -0.2) is 34.5 Å². The molecule has 124 valence electrons. The van der Waals surface area contributed by atoms with Crippen molar-refractivity contribution in [2.45, 2.75) is 45.2 Å². The molecule has 2 aromatic rings. The minimum Gasteiger partial charge on any atom is -0.408 e. The van der Waals surface area contributed by atoms with Gasteiger partial charge in [0.2, 0.25) is 5.91 Å². The van der Waals surface area contributed by atoms with Crippen LogP contribution >= 0.6 is 0 Å². The fraction of sp³-hybridized carbons (Fsp3) is 0.529. The number of hydrogen-bond acceptors (Lipinski definition) is 4. The summed E-state index contributed by atoms with van der Waals surface area (Å²) >= 11 is 0. The van der Waals surface area contributed by atoms with E-state index in [1.807, 2.05) is 24.0 Å². The zero-order chi connectivity index (χ0) is 16.4. The van der Waals surface area contributed by atoms with E-state index >= 15 is 0 Å². The van der Waals surface area contributed by atoms with Gasteiger partial charge >= 0.3 is 5.76 Å². The van der Waals surface area contributed by atoms with Crippen molar-refractivity contribution in [2.24, 2.45) is 5.73 Å². The number of carbonyl (C=O) groups excluding carboxylic acids is 1. The van der Waals surface area contributed by atoms with Crippen LogP contribution < -0.4 is 11.5 Å². The van der Waals surface area contributed by atoms with Gasteiger partial charge in [-0.05, 0) is 43.9 Å². The minimum absolute atomic E-state index is 0.0769. The topological polar surface area (TPSA) is 81.5 Å². The maximum Gasteiger partial charge on any atom is 0.419 e. The van der Waals surface area contributed by atoms with Gasteiger partial charge in [-0.15, -0.1) is 0 Å². The number of aromatic nitrogens is 1. The van der Waals surface area contributed by atoms with Crippen LogP contribution in [0, 0.1) is 6.92 Å². The number of nitrogens with zero attached hydrogens (tertiary/aromatic N) is 2. The van der Waals surface area contributed by atoms with Crippen molar-refractivity contribution in [2.75, 3.05) is 13.1 Å². The summed E-state index contributed by atoms with van der Waals surface area (Å²) in [7, 11) is 0. The molecule has 1 unspecified atom stereocenters. The van der Waals surface area contributed by atoms with E-state index in [1.54, 1.807) is 10.6 Å². The fourth-order valence-corrected chi connectivity index (χ4v) is 3.12. The normalized spacial score (nSPS) is 19.0. The number of oxazole rings is 1. The monoisotopic (exact) mass is 317 g/mol. The Labute approximate surface area is 134 Å². The average molecular weight is 317 g/mol. The van der Waals surface area contributed by atoms with Crippen LogP contribution in [0.5, 0.6) is 0 Å². The molecule has 1 aliphatic heterocycles. The lowest BCUT2D eigenvalue weighted by molar-refractivity contribution is -0.131. The van der Waals surface area contributed by atoms with Gasteiger partial charge in [0, 0.05) is 32.1 Å². The SMILES string of the molecule is Cc1ccc2oc(=O)n(CCC(=O)N3CCCC(N)CC3)c2c1. The number of fused-ring (bicyclic) bond motifs is 1. The molecule has 3 rings (SSSR count). The fourth-order valence-electron chi connectivity index (χ4n) is 3.12. The van der Waals surface area contributed by atoms with Gasteiger partial charge < -0.3 is 15.1 Å². The Hall–Kier alpha value is -2.08. The van der Waals surface area contributed by atoms with Crippen LogP contribution in [0.25, 0.3) is 11.1 Å². The average Bonchev–Trinajstić information content (AvgIpc) is 2.68. The van der Waals surface area contributed by atoms with Gasteiger partial charge in [-0.2, -0.15) is 0 Å². The number of hydrogen-bond donors (Lipinski definition) is 1. The molecule has 0 bridgehead atoms. The lowest BCUT2D eigenvalue weighted by Gasteiger charge is -2.20. The van der Waals surface area contributed by atoms with Crippen molar-refractivity contribution < 1.29 is 9.21 Å². The number of benzene rings is 1. The molecule has 1 saturated heterocycles. The zero-order valence-electron chi connectivity index (χ0n) is 13.5. The highest BCUT2D eigenvalue weighted by Crippen LogP contribution is 2.16. The number of rotatable bonds is 3. The summed E-state index contributed by atoms with van der Waals surface area (Å²) in [5.74, 6) is -0.329. The van der Waals surface area contributed by atoms with Gasteiger partial charge in [0.25, 0.3) is 0 Å². The number of amides is 1. The molecule has 1 fully saturated rings. The maximum atomic E-state index is 12.4. The molecule has 0 radical (unpaired) electrons. The van der Waals surface area contributed by atoms with E-state index in [0.29, 0.717) is 25.1 Å². The van der Waals surface area contributed by atoms with Crippen LogP contribution in [0.2, 0.25) is 0 Å². The van der Waals surface area contributed by atoms with E-state index in [4.69, 9.17) is 10.2 Å². The Balaban J connectivity index is 1.70. The van der Waals surface area contributed by atoms with Crippen molar-refractivity contribution in [3.63, 3.8) is 0 Å². The van der Waals surface area contributed by atoms with E-state index in [1.165, 1.54) is 0 Å². The molecule has 1 aliphatic rings. The van der Waals surface area contributed by atoms with E-state index in [-0.39, 0.29) is 11.9 Å². The molecule has 2 N–H and O–H groups in total. The third kappa shape index (κ3) is 3.47. The number of carbonyl (C=O) groups is 1. The molecule has 1 aromatic carbocycles. The second-order valence-electron chi connectivity index (χ2n) is 6.31. The molecule has 2 heterocycles. The van der Waals surface area contributed by atoms with E-state index in [2.05, 4.69) is 0 Å². The molecular weight excluding hydrogens is 294 g/mol. The summed E-state index contributed by atoms with van der Waals surface area (Å²) < 4.78 is 6.78. The van der Waals surface area contributed by atoms with Crippen LogP contribution in [0.15, 0.2) is 27.4 Å². The second-order valence-corrected chi connectivity index (χ2v) is 6.31. The molecule has 1 atom stereocenters. The van der Waals surface area contributed by atoms with Crippen molar-refractivity contribution in [3.05, 3.63) is 34.3 Å². The first-order chi connectivity index (χ1) is 11.0. The Morgan fingerprint density at radius 2 is 2.17 bits per heavy atom. The van der Waals surface area contributed by atoms with Crippen molar-refractivity contribution >= 4 is 17.0 Å². The smallest absolute Gasteiger partial charge is 0.408 e. The zero-order valence-corrected chi connectivity index (χ0v) is 13.5. The molecule has 1 amide bonds. The number of nitrogens with two attached hydrogens (primary N) is 1. The van der Waals surface area contributed by atoms with Gasteiger partial charge in [-0.25, -0.2) is 4.79 Å². The number of likely N-dealkylation sites (tertiary alicyclic amines) is 1. The third-order valence-electron chi connectivity index (χ3n) is 4.50. The molecule has 0 aliphatic carbocycles. The first-order valence-electron chi connectivity index (χ1n) is 8.18. The van der Waals surface area contributed by atoms with Crippen LogP contribution in [0.3, 0.4) is 0 Å². The Bertz CT molecular complexity index is 762. The van der Waals surface area contributed by atoms with E-state index in [9.17, 15) is 9.59 Å². The predicted molar refractivity (Wildman–Crippen MR) is 88.2 cm³/mol. The third-order valence-corrected chi connectivity index (χ3v) is 4.50. The summed E-state index contributed by atoms with van der Waals surface area (Å²) in [6.45, 7) is 3.77. The minimum atomic E-state index is -0.406. The Kier molecular flexibility index (Phi) is 4.52. The van der Waals surface area contributed by atoms with Gasteiger partial charge in [-0.1, -0.05) is 6.07 Å². The first-order valence-corrected chi connectivity index (χ1v) is 8.18. The first kappa shape index (κ1) is 15.8. The van der Waals surface area contributed by atoms with Crippen LogP contribution in [0.1, 0.15) is 31.2 Å². The van der Waals surface area contributed by atoms with Gasteiger partial charge in [-0.3, -0.25) is 9.36 Å². The van der Waals surface area contributed by atoms with Gasteiger partial charge in [0.1, 0.15) is 0 Å². The van der Waals surface area contributed by atoms with Gasteiger partial charge in [0.05, 0.1) is 5.52 Å². The molecule has 1 aromatic heterocycles. The van der Waals surface area contributed by atoms with Crippen molar-refractivity contribution in [3.8, 4) is 0 Å². The van der Waals surface area contributed by atoms with Gasteiger partial charge in [0.15, 0.2) is 5.58 Å². The number of aryl methyl sites for hydroxylation is 2. The largest absolute Gasteiger partial charge is 0.419 e. The molecule has 6 heteroatoms. The highest BCUT2D eigenvalue weighted by molar-refractivity contribution is 5.77. The summed E-state index contributed by atoms with van der Waals surface area (Å²) in [6.07, 6.45) is 3.06. The Morgan fingerprint density at radius 3 is 3.00 bits per heavy atom. The molecule has 6 nitrogen and oxygen atoms in total. The molecule has 0 spiro atoms. The molecule has 23 heavy (non-hydrogen) atoms.